The quantitative estimate of drug-likeness (QED) is 0.731. The number of rotatable bonds is 4. The molecule has 0 atom stereocenters. The molecule has 0 aliphatic carbocycles. The van der Waals surface area contributed by atoms with E-state index in [-0.39, 0.29) is 12.5 Å². The number of fused-ring (bicyclic) bond motifs is 2. The van der Waals surface area contributed by atoms with E-state index >= 15 is 0 Å². The van der Waals surface area contributed by atoms with Crippen LogP contribution < -0.4 is 4.90 Å². The summed E-state index contributed by atoms with van der Waals surface area (Å²) >= 11 is 1.38. The summed E-state index contributed by atoms with van der Waals surface area (Å²) in [7, 11) is 0. The molecule has 3 rings (SSSR count). The molecule has 2 aromatic carbocycles. The Bertz CT molecular complexity index is 819. The molecule has 0 spiro atoms. The first-order valence-electron chi connectivity index (χ1n) is 8.38. The van der Waals surface area contributed by atoms with Crippen LogP contribution in [-0.4, -0.2) is 30.4 Å². The molecule has 1 aliphatic heterocycles. The molecule has 2 aromatic rings. The monoisotopic (exact) mass is 380 g/mol. The van der Waals surface area contributed by atoms with Crippen molar-refractivity contribution in [2.75, 3.05) is 24.5 Å². The van der Waals surface area contributed by atoms with Gasteiger partial charge >= 0.3 is 6.18 Å². The molecule has 0 fully saturated rings. The zero-order valence-corrected chi connectivity index (χ0v) is 15.3. The number of likely N-dealkylation sites (N-methyl/N-ethyl adjacent to an activating group) is 1. The van der Waals surface area contributed by atoms with Crippen LogP contribution >= 0.6 is 11.8 Å². The lowest BCUT2D eigenvalue weighted by Crippen LogP contribution is -2.39. The highest BCUT2D eigenvalue weighted by molar-refractivity contribution is 7.99. The lowest BCUT2D eigenvalue weighted by molar-refractivity contribution is -0.137. The summed E-state index contributed by atoms with van der Waals surface area (Å²) in [6.07, 6.45) is -4.45. The van der Waals surface area contributed by atoms with Gasteiger partial charge in [0.25, 0.3) is 0 Å². The average molecular weight is 380 g/mol. The highest BCUT2D eigenvalue weighted by Crippen LogP contribution is 2.49. The molecule has 1 aliphatic rings. The van der Waals surface area contributed by atoms with Crippen molar-refractivity contribution in [3.63, 3.8) is 0 Å². The van der Waals surface area contributed by atoms with Gasteiger partial charge < -0.3 is 0 Å². The molecule has 1 amide bonds. The van der Waals surface area contributed by atoms with Crippen LogP contribution in [0.25, 0.3) is 0 Å². The predicted molar refractivity (Wildman–Crippen MR) is 96.9 cm³/mol. The summed E-state index contributed by atoms with van der Waals surface area (Å²) in [4.78, 5) is 17.9. The molecule has 1 heterocycles. The topological polar surface area (TPSA) is 23.6 Å². The minimum atomic E-state index is -4.45. The first-order chi connectivity index (χ1) is 12.3. The maximum absolute atomic E-state index is 13.2. The molecule has 0 unspecified atom stereocenters. The normalized spacial score (nSPS) is 13.5. The fraction of sp³-hybridized carbons (Fsp3) is 0.316. The lowest BCUT2D eigenvalue weighted by atomic mass is 10.1. The summed E-state index contributed by atoms with van der Waals surface area (Å²) in [6, 6.07) is 10.9. The van der Waals surface area contributed by atoms with Gasteiger partial charge in [0.2, 0.25) is 5.91 Å². The number of benzene rings is 2. The van der Waals surface area contributed by atoms with Gasteiger partial charge in [-0.3, -0.25) is 14.6 Å². The van der Waals surface area contributed by atoms with E-state index in [1.807, 2.05) is 30.9 Å². The molecule has 26 heavy (non-hydrogen) atoms. The standard InChI is InChI=1S/C19H19F3N2OS/c1-3-23(4-2)12-18(25)24-14-7-5-6-8-16(14)26-17-10-9-13(11-15(17)24)19(20,21)22/h5-11H,3-4,12H2,1-2H3. The van der Waals surface area contributed by atoms with Crippen molar-refractivity contribution in [3.05, 3.63) is 48.0 Å². The summed E-state index contributed by atoms with van der Waals surface area (Å²) in [5, 5.41) is 0. The molecule has 138 valence electrons. The van der Waals surface area contributed by atoms with E-state index < -0.39 is 11.7 Å². The first kappa shape index (κ1) is 18.8. The molecule has 0 radical (unpaired) electrons. The molecule has 7 heteroatoms. The van der Waals surface area contributed by atoms with E-state index in [1.165, 1.54) is 22.7 Å². The van der Waals surface area contributed by atoms with Gasteiger partial charge in [-0.25, -0.2) is 0 Å². The second-order valence-corrected chi connectivity index (χ2v) is 7.02. The third-order valence-electron chi connectivity index (χ3n) is 4.36. The molecule has 0 bridgehead atoms. The van der Waals surface area contributed by atoms with Gasteiger partial charge in [-0.1, -0.05) is 37.7 Å². The Labute approximate surface area is 154 Å². The number of hydrogen-bond donors (Lipinski definition) is 0. The van der Waals surface area contributed by atoms with Crippen molar-refractivity contribution in [3.8, 4) is 0 Å². The Balaban J connectivity index is 2.08. The average Bonchev–Trinajstić information content (AvgIpc) is 2.62. The lowest BCUT2D eigenvalue weighted by Gasteiger charge is -2.33. The number of para-hydroxylation sites is 1. The predicted octanol–water partition coefficient (Wildman–Crippen LogP) is 5.18. The number of amides is 1. The Hall–Kier alpha value is -1.99. The fourth-order valence-corrected chi connectivity index (χ4v) is 3.95. The van der Waals surface area contributed by atoms with E-state index in [0.29, 0.717) is 29.4 Å². The third-order valence-corrected chi connectivity index (χ3v) is 5.49. The van der Waals surface area contributed by atoms with Gasteiger partial charge in [0.15, 0.2) is 0 Å². The Morgan fingerprint density at radius 2 is 1.69 bits per heavy atom. The van der Waals surface area contributed by atoms with Gasteiger partial charge in [0, 0.05) is 9.79 Å². The smallest absolute Gasteiger partial charge is 0.295 e. The number of carbonyl (C=O) groups is 1. The summed E-state index contributed by atoms with van der Waals surface area (Å²) < 4.78 is 39.5. The van der Waals surface area contributed by atoms with Crippen LogP contribution in [0.3, 0.4) is 0 Å². The summed E-state index contributed by atoms with van der Waals surface area (Å²) in [6.45, 7) is 5.45. The van der Waals surface area contributed by atoms with Crippen LogP contribution in [0.5, 0.6) is 0 Å². The molecule has 3 nitrogen and oxygen atoms in total. The van der Waals surface area contributed by atoms with Gasteiger partial charge in [0.05, 0.1) is 23.5 Å². The van der Waals surface area contributed by atoms with Crippen molar-refractivity contribution in [1.82, 2.24) is 4.90 Å². The summed E-state index contributed by atoms with van der Waals surface area (Å²) in [5.41, 5.74) is 0.166. The van der Waals surface area contributed by atoms with E-state index in [9.17, 15) is 18.0 Å². The number of nitrogens with zero attached hydrogens (tertiary/aromatic N) is 2. The number of alkyl halides is 3. The second-order valence-electron chi connectivity index (χ2n) is 5.94. The molecular weight excluding hydrogens is 361 g/mol. The minimum Gasteiger partial charge on any atom is -0.295 e. The fourth-order valence-electron chi connectivity index (χ4n) is 2.91. The van der Waals surface area contributed by atoms with E-state index in [4.69, 9.17) is 0 Å². The Morgan fingerprint density at radius 3 is 2.35 bits per heavy atom. The van der Waals surface area contributed by atoms with E-state index in [1.54, 1.807) is 12.1 Å². The molecule has 0 saturated heterocycles. The number of hydrogen-bond acceptors (Lipinski definition) is 3. The van der Waals surface area contributed by atoms with Gasteiger partial charge in [-0.15, -0.1) is 0 Å². The zero-order chi connectivity index (χ0) is 18.9. The highest BCUT2D eigenvalue weighted by Gasteiger charge is 2.35. The first-order valence-corrected chi connectivity index (χ1v) is 9.20. The molecule has 0 saturated carbocycles. The molecular formula is C19H19F3N2OS. The summed E-state index contributed by atoms with van der Waals surface area (Å²) in [5.74, 6) is -0.234. The molecule has 0 N–H and O–H groups in total. The van der Waals surface area contributed by atoms with Crippen molar-refractivity contribution < 1.29 is 18.0 Å². The van der Waals surface area contributed by atoms with E-state index in [2.05, 4.69) is 0 Å². The SMILES string of the molecule is CCN(CC)CC(=O)N1c2ccccc2Sc2ccc(C(F)(F)F)cc21. The second kappa shape index (κ2) is 7.32. The maximum Gasteiger partial charge on any atom is 0.416 e. The number of halogens is 3. The van der Waals surface area contributed by atoms with Crippen LogP contribution in [0.15, 0.2) is 52.3 Å². The van der Waals surface area contributed by atoms with Gasteiger partial charge in [-0.2, -0.15) is 13.2 Å². The largest absolute Gasteiger partial charge is 0.416 e. The van der Waals surface area contributed by atoms with Crippen LogP contribution in [0.2, 0.25) is 0 Å². The van der Waals surface area contributed by atoms with Crippen LogP contribution in [0, 0.1) is 0 Å². The van der Waals surface area contributed by atoms with Gasteiger partial charge in [0.1, 0.15) is 0 Å². The number of anilines is 2. The van der Waals surface area contributed by atoms with Crippen LogP contribution in [0.4, 0.5) is 24.5 Å². The van der Waals surface area contributed by atoms with Crippen molar-refractivity contribution in [1.29, 1.82) is 0 Å². The van der Waals surface area contributed by atoms with Crippen LogP contribution in [-0.2, 0) is 11.0 Å². The van der Waals surface area contributed by atoms with Crippen molar-refractivity contribution in [2.45, 2.75) is 29.8 Å². The number of carbonyl (C=O) groups excluding carboxylic acids is 1. The highest BCUT2D eigenvalue weighted by atomic mass is 32.2. The van der Waals surface area contributed by atoms with Crippen molar-refractivity contribution in [2.24, 2.45) is 0 Å². The molecule has 0 aromatic heterocycles. The minimum absolute atomic E-state index is 0.154. The van der Waals surface area contributed by atoms with Crippen LogP contribution in [0.1, 0.15) is 19.4 Å². The zero-order valence-electron chi connectivity index (χ0n) is 14.5. The van der Waals surface area contributed by atoms with Crippen molar-refractivity contribution >= 4 is 29.0 Å². The Kier molecular flexibility index (Phi) is 5.29. The van der Waals surface area contributed by atoms with E-state index in [0.717, 1.165) is 17.0 Å². The third kappa shape index (κ3) is 3.59. The Morgan fingerprint density at radius 1 is 1.04 bits per heavy atom. The maximum atomic E-state index is 13.2. The van der Waals surface area contributed by atoms with Gasteiger partial charge in [-0.05, 0) is 43.4 Å².